The van der Waals surface area contributed by atoms with Crippen LogP contribution >= 0.6 is 0 Å². The highest BCUT2D eigenvalue weighted by molar-refractivity contribution is 5.87. The number of amides is 1. The molecule has 3 atom stereocenters. The van der Waals surface area contributed by atoms with E-state index in [1.807, 2.05) is 74.5 Å². The molecule has 0 unspecified atom stereocenters. The molecule has 1 aliphatic rings. The Hall–Kier alpha value is -3.08. The molecule has 1 fully saturated rings. The Morgan fingerprint density at radius 3 is 2.17 bits per heavy atom. The summed E-state index contributed by atoms with van der Waals surface area (Å²) in [4.78, 5) is 27.3. The standard InChI is InChI=1S/C24H27NO4/c1-4-15-24(16-17(2)3)22(26)29-21(19-13-9-6-10-14-19)20(25(24)23(27)28)18-11-7-5-8-12-18/h4-14,17,20-21H,1,15-16H2,2-3H3,(H,27,28)/t20-,21+,24-/m0/s1. The fourth-order valence-electron chi connectivity index (χ4n) is 4.32. The van der Waals surface area contributed by atoms with Crippen LogP contribution in [0.4, 0.5) is 4.79 Å². The molecule has 1 aliphatic heterocycles. The molecule has 0 spiro atoms. The van der Waals surface area contributed by atoms with Gasteiger partial charge in [0.1, 0.15) is 11.6 Å². The smallest absolute Gasteiger partial charge is 0.408 e. The number of carboxylic acid groups (broad SMARTS) is 1. The van der Waals surface area contributed by atoms with Gasteiger partial charge in [-0.05, 0) is 29.9 Å². The summed E-state index contributed by atoms with van der Waals surface area (Å²) in [5.74, 6) is -0.427. The van der Waals surface area contributed by atoms with Crippen molar-refractivity contribution in [2.75, 3.05) is 0 Å². The number of hydrogen-bond acceptors (Lipinski definition) is 3. The van der Waals surface area contributed by atoms with E-state index in [-0.39, 0.29) is 12.3 Å². The summed E-state index contributed by atoms with van der Waals surface area (Å²) in [6, 6.07) is 18.0. The first kappa shape index (κ1) is 20.6. The molecule has 152 valence electrons. The molecule has 0 aliphatic carbocycles. The Bertz CT molecular complexity index is 865. The fraction of sp³-hybridized carbons (Fsp3) is 0.333. The molecule has 1 heterocycles. The van der Waals surface area contributed by atoms with Gasteiger partial charge in [-0.15, -0.1) is 6.58 Å². The number of esters is 1. The van der Waals surface area contributed by atoms with E-state index in [9.17, 15) is 14.7 Å². The van der Waals surface area contributed by atoms with Crippen LogP contribution in [-0.4, -0.2) is 27.6 Å². The first-order chi connectivity index (χ1) is 13.9. The molecule has 5 nitrogen and oxygen atoms in total. The molecule has 0 aromatic heterocycles. The van der Waals surface area contributed by atoms with Crippen LogP contribution in [0.15, 0.2) is 73.3 Å². The van der Waals surface area contributed by atoms with Crippen LogP contribution < -0.4 is 0 Å². The Balaban J connectivity index is 2.23. The first-order valence-electron chi connectivity index (χ1n) is 9.85. The normalized spacial score (nSPS) is 24.2. The Morgan fingerprint density at radius 2 is 1.69 bits per heavy atom. The van der Waals surface area contributed by atoms with E-state index in [0.717, 1.165) is 11.1 Å². The predicted molar refractivity (Wildman–Crippen MR) is 111 cm³/mol. The Morgan fingerprint density at radius 1 is 1.14 bits per heavy atom. The van der Waals surface area contributed by atoms with Gasteiger partial charge in [0, 0.05) is 0 Å². The van der Waals surface area contributed by atoms with E-state index in [4.69, 9.17) is 4.74 Å². The third kappa shape index (κ3) is 3.90. The topological polar surface area (TPSA) is 66.8 Å². The van der Waals surface area contributed by atoms with Crippen molar-refractivity contribution in [1.29, 1.82) is 0 Å². The zero-order chi connectivity index (χ0) is 21.0. The van der Waals surface area contributed by atoms with Crippen LogP contribution in [0, 0.1) is 5.92 Å². The molecule has 0 bridgehead atoms. The zero-order valence-electron chi connectivity index (χ0n) is 16.8. The van der Waals surface area contributed by atoms with E-state index in [0.29, 0.717) is 6.42 Å². The van der Waals surface area contributed by atoms with E-state index in [1.54, 1.807) is 6.08 Å². The van der Waals surface area contributed by atoms with Crippen molar-refractivity contribution >= 4 is 12.1 Å². The highest BCUT2D eigenvalue weighted by Crippen LogP contribution is 2.48. The van der Waals surface area contributed by atoms with Crippen LogP contribution in [0.2, 0.25) is 0 Å². The summed E-state index contributed by atoms with van der Waals surface area (Å²) in [6.07, 6.45) is 0.284. The lowest BCUT2D eigenvalue weighted by Gasteiger charge is -2.51. The predicted octanol–water partition coefficient (Wildman–Crippen LogP) is 5.37. The van der Waals surface area contributed by atoms with Gasteiger partial charge in [0.15, 0.2) is 6.10 Å². The van der Waals surface area contributed by atoms with Crippen LogP contribution in [0.3, 0.4) is 0 Å². The molecule has 2 aromatic carbocycles. The van der Waals surface area contributed by atoms with Gasteiger partial charge in [0.05, 0.1) is 0 Å². The number of ether oxygens (including phenoxy) is 1. The average molecular weight is 393 g/mol. The fourth-order valence-corrected chi connectivity index (χ4v) is 4.32. The number of rotatable bonds is 6. The second kappa shape index (κ2) is 8.52. The van der Waals surface area contributed by atoms with Gasteiger partial charge in [-0.25, -0.2) is 9.59 Å². The molecule has 0 radical (unpaired) electrons. The summed E-state index contributed by atoms with van der Waals surface area (Å²) in [5, 5.41) is 10.3. The minimum atomic E-state index is -1.31. The van der Waals surface area contributed by atoms with E-state index >= 15 is 0 Å². The van der Waals surface area contributed by atoms with E-state index < -0.39 is 29.7 Å². The van der Waals surface area contributed by atoms with Crippen molar-refractivity contribution in [2.45, 2.75) is 44.4 Å². The highest BCUT2D eigenvalue weighted by atomic mass is 16.6. The molecular weight excluding hydrogens is 366 g/mol. The molecule has 1 amide bonds. The molecule has 3 rings (SSSR count). The molecule has 2 aromatic rings. The molecular formula is C24H27NO4. The number of carbonyl (C=O) groups is 2. The molecule has 29 heavy (non-hydrogen) atoms. The van der Waals surface area contributed by atoms with Crippen LogP contribution in [0.1, 0.15) is 50.0 Å². The third-order valence-corrected chi connectivity index (χ3v) is 5.34. The minimum absolute atomic E-state index is 0.0917. The van der Waals surface area contributed by atoms with Gasteiger partial charge < -0.3 is 9.84 Å². The van der Waals surface area contributed by atoms with Crippen LogP contribution in [-0.2, 0) is 9.53 Å². The lowest BCUT2D eigenvalue weighted by molar-refractivity contribution is -0.188. The summed E-state index contributed by atoms with van der Waals surface area (Å²) in [7, 11) is 0. The quantitative estimate of drug-likeness (QED) is 0.529. The second-order valence-corrected chi connectivity index (χ2v) is 7.87. The molecule has 1 saturated heterocycles. The number of nitrogens with zero attached hydrogens (tertiary/aromatic N) is 1. The lowest BCUT2D eigenvalue weighted by Crippen LogP contribution is -2.63. The van der Waals surface area contributed by atoms with E-state index in [1.165, 1.54) is 4.90 Å². The van der Waals surface area contributed by atoms with Gasteiger partial charge in [-0.1, -0.05) is 80.6 Å². The summed E-state index contributed by atoms with van der Waals surface area (Å²) in [5.41, 5.74) is 0.235. The Labute approximate surface area is 171 Å². The maximum absolute atomic E-state index is 13.3. The maximum atomic E-state index is 13.3. The van der Waals surface area contributed by atoms with Gasteiger partial charge in [-0.3, -0.25) is 4.90 Å². The lowest BCUT2D eigenvalue weighted by atomic mass is 9.79. The van der Waals surface area contributed by atoms with Crippen molar-refractivity contribution in [3.63, 3.8) is 0 Å². The van der Waals surface area contributed by atoms with Crippen molar-refractivity contribution in [2.24, 2.45) is 5.92 Å². The van der Waals surface area contributed by atoms with Crippen LogP contribution in [0.25, 0.3) is 0 Å². The molecule has 5 heteroatoms. The van der Waals surface area contributed by atoms with Gasteiger partial charge in [-0.2, -0.15) is 0 Å². The van der Waals surface area contributed by atoms with Gasteiger partial charge in [0.25, 0.3) is 0 Å². The molecule has 0 saturated carbocycles. The summed E-state index contributed by atoms with van der Waals surface area (Å²) >= 11 is 0. The number of cyclic esters (lactones) is 1. The van der Waals surface area contributed by atoms with Crippen molar-refractivity contribution < 1.29 is 19.4 Å². The Kier molecular flexibility index (Phi) is 6.06. The first-order valence-corrected chi connectivity index (χ1v) is 9.85. The minimum Gasteiger partial charge on any atom is -0.465 e. The summed E-state index contributed by atoms with van der Waals surface area (Å²) in [6.45, 7) is 7.73. The SMILES string of the molecule is C=CC[C@]1(CC(C)C)C(=O)O[C@H](c2ccccc2)[C@H](c2ccccc2)N1C(=O)O. The number of morpholine rings is 1. The largest absolute Gasteiger partial charge is 0.465 e. The maximum Gasteiger partial charge on any atom is 0.408 e. The average Bonchev–Trinajstić information content (AvgIpc) is 2.70. The third-order valence-electron chi connectivity index (χ3n) is 5.34. The number of hydrogen-bond donors (Lipinski definition) is 1. The highest BCUT2D eigenvalue weighted by Gasteiger charge is 2.57. The summed E-state index contributed by atoms with van der Waals surface area (Å²) < 4.78 is 6.00. The van der Waals surface area contributed by atoms with E-state index in [2.05, 4.69) is 6.58 Å². The van der Waals surface area contributed by atoms with Gasteiger partial charge in [0.2, 0.25) is 0 Å². The molecule has 1 N–H and O–H groups in total. The van der Waals surface area contributed by atoms with Crippen molar-refractivity contribution in [3.8, 4) is 0 Å². The van der Waals surface area contributed by atoms with Gasteiger partial charge >= 0.3 is 12.1 Å². The number of benzene rings is 2. The monoisotopic (exact) mass is 393 g/mol. The number of carbonyl (C=O) groups excluding carboxylic acids is 1. The van der Waals surface area contributed by atoms with Crippen LogP contribution in [0.5, 0.6) is 0 Å². The second-order valence-electron chi connectivity index (χ2n) is 7.87. The zero-order valence-corrected chi connectivity index (χ0v) is 16.8. The van der Waals surface area contributed by atoms with Crippen molar-refractivity contribution in [1.82, 2.24) is 4.90 Å². The van der Waals surface area contributed by atoms with Crippen molar-refractivity contribution in [3.05, 3.63) is 84.4 Å².